The number of nitrogen functional groups attached to an aromatic ring is 4. The van der Waals surface area contributed by atoms with Crippen molar-refractivity contribution in [2.75, 3.05) is 39.1 Å². The van der Waals surface area contributed by atoms with Crippen molar-refractivity contribution >= 4 is 144 Å². The molecule has 0 saturated carbocycles. The molecule has 0 radical (unpaired) electrons. The number of allylic oxidation sites excluding steroid dienone is 2. The maximum Gasteiger partial charge on any atom is 1.00 e. The van der Waals surface area contributed by atoms with Gasteiger partial charge in [-0.1, -0.05) is 6.07 Å². The van der Waals surface area contributed by atoms with Crippen molar-refractivity contribution in [1.82, 2.24) is 0 Å². The van der Waals surface area contributed by atoms with Crippen molar-refractivity contribution in [3.63, 3.8) is 0 Å². The Morgan fingerprint density at radius 3 is 1.38 bits per heavy atom. The van der Waals surface area contributed by atoms with E-state index in [4.69, 9.17) is 22.9 Å². The minimum Gasteiger partial charge on any atom is -0.744 e. The minimum absolute atomic E-state index is 0. The third-order valence-electron chi connectivity index (χ3n) is 10.6. The summed E-state index contributed by atoms with van der Waals surface area (Å²) in [7, 11) is -21.6. The number of benzene rings is 6. The van der Waals surface area contributed by atoms with Gasteiger partial charge in [0.05, 0.1) is 53.7 Å². The average Bonchev–Trinajstić information content (AvgIpc) is 3.32. The summed E-state index contributed by atoms with van der Waals surface area (Å²) in [5.74, 6) is -2.27. The summed E-state index contributed by atoms with van der Waals surface area (Å²) < 4.78 is 149. The number of nitrogens with one attached hydrogen (secondary N) is 3. The van der Waals surface area contributed by atoms with Crippen LogP contribution in [0.4, 0.5) is 68.2 Å². The largest absolute Gasteiger partial charge is 1.00 e. The monoisotopic (exact) mass is 1190 g/mol. The SMILES string of the molecule is Nc1ccc(N=Nc2ccc3c(c2)C(=O)/C(=N/Nc2ccc(Nc4ccc(N/N=C5/C(=O)c6cc(N=Nc7ccc(N)cc7N)c(S(=O)(=O)[O-])cc6C=C5S(=O)(=O)[O-])cc4S(=O)(=O)[O-])cc2)C(S(=O)(=O)[O-])=C3)c(N)c1.[Na+].[Na+].[Na+].[Na+]. The van der Waals surface area contributed by atoms with E-state index in [1.54, 1.807) is 6.07 Å². The summed E-state index contributed by atoms with van der Waals surface area (Å²) >= 11 is 0. The first-order valence-corrected chi connectivity index (χ1v) is 26.3. The second kappa shape index (κ2) is 26.2. The predicted octanol–water partition coefficient (Wildman–Crippen LogP) is -6.49. The predicted molar refractivity (Wildman–Crippen MR) is 270 cm³/mol. The van der Waals surface area contributed by atoms with Gasteiger partial charge in [-0.3, -0.25) is 20.4 Å². The molecule has 0 aliphatic heterocycles. The van der Waals surface area contributed by atoms with Crippen molar-refractivity contribution in [3.8, 4) is 0 Å². The number of hydrogen-bond donors (Lipinski definition) is 7. The van der Waals surface area contributed by atoms with Crippen LogP contribution in [0.15, 0.2) is 159 Å². The molecular weight excluding hydrogens is 1150 g/mol. The Morgan fingerprint density at radius 1 is 0.418 bits per heavy atom. The number of ketones is 2. The van der Waals surface area contributed by atoms with Gasteiger partial charge in [-0.25, -0.2) is 33.7 Å². The zero-order valence-corrected chi connectivity index (χ0v) is 52.7. The van der Waals surface area contributed by atoms with E-state index in [1.165, 1.54) is 72.8 Å². The molecule has 0 bridgehead atoms. The van der Waals surface area contributed by atoms with Gasteiger partial charge in [0.1, 0.15) is 69.0 Å². The van der Waals surface area contributed by atoms with Crippen LogP contribution in [0, 0.1) is 0 Å². The standard InChI is InChI=1S/C44H35N13O14S4.4Na/c45-23-2-10-33(31(47)16-23)53-51-27-4-1-21-13-39(74(66,67)68)41(43(58)29(21)18-27)56-50-26-7-5-25(6-8-26)49-35-12-9-28(19-38(35)73(63,64)65)52-57-42-40(75(69,70)71)15-22-14-37(72(60,61)62)36(20-30(22)44(42)59)55-54-34-11-3-24(46)17-32(34)48;;;;/h1-20,49-50,52H,45-48H2,(H,60,61,62)(H,63,64,65)(H,66,67,68)(H,69,70,71);;;;/q;4*+1/p-4/b53-51?,55-54?,56-41+,57-42+;;;;. The van der Waals surface area contributed by atoms with Gasteiger partial charge >= 0.3 is 118 Å². The molecule has 11 N–H and O–H groups in total. The number of nitrogens with zero attached hydrogens (tertiary/aromatic N) is 6. The molecule has 0 aromatic heterocycles. The number of fused-ring (bicyclic) bond motifs is 2. The number of azo groups is 2. The van der Waals surface area contributed by atoms with Crippen molar-refractivity contribution in [2.45, 2.75) is 9.79 Å². The van der Waals surface area contributed by atoms with Crippen molar-refractivity contribution in [3.05, 3.63) is 141 Å². The Hall–Kier alpha value is -5.08. The van der Waals surface area contributed by atoms with Crippen molar-refractivity contribution in [1.29, 1.82) is 0 Å². The Kier molecular flexibility index (Phi) is 22.1. The molecule has 0 heterocycles. The molecule has 0 fully saturated rings. The molecule has 0 atom stereocenters. The van der Waals surface area contributed by atoms with Gasteiger partial charge in [-0.2, -0.15) is 15.3 Å². The quantitative estimate of drug-likeness (QED) is 0.0175. The molecule has 35 heteroatoms. The second-order valence-corrected chi connectivity index (χ2v) is 21.2. The number of anilines is 8. The molecule has 0 unspecified atom stereocenters. The van der Waals surface area contributed by atoms with Crippen LogP contribution in [0.1, 0.15) is 31.8 Å². The number of Topliss-reactive ketones (excluding diaryl/α,β-unsaturated/α-hetero) is 2. The van der Waals surface area contributed by atoms with Crippen LogP contribution in [-0.4, -0.2) is 74.9 Å². The van der Waals surface area contributed by atoms with Gasteiger partial charge in [0.15, 0.2) is 0 Å². The van der Waals surface area contributed by atoms with E-state index in [2.05, 4.69) is 46.8 Å². The van der Waals surface area contributed by atoms with Crippen LogP contribution in [0.25, 0.3) is 12.2 Å². The summed E-state index contributed by atoms with van der Waals surface area (Å²) in [5, 5.41) is 26.1. The van der Waals surface area contributed by atoms with Gasteiger partial charge in [-0.15, -0.1) is 15.3 Å². The molecular formula is C44H31N13Na4O14S4. The van der Waals surface area contributed by atoms with Crippen molar-refractivity contribution < 1.29 is 180 Å². The van der Waals surface area contributed by atoms with Gasteiger partial charge in [0.25, 0.3) is 0 Å². The Labute approximate surface area is 537 Å². The molecule has 27 nitrogen and oxygen atoms in total. The van der Waals surface area contributed by atoms with Crippen molar-refractivity contribution in [2.24, 2.45) is 30.7 Å². The zero-order chi connectivity index (χ0) is 54.4. The number of hydrazone groups is 2. The second-order valence-electron chi connectivity index (χ2n) is 15.8. The van der Waals surface area contributed by atoms with Crippen LogP contribution in [0.3, 0.4) is 0 Å². The third-order valence-corrected chi connectivity index (χ3v) is 14.0. The number of nitrogens with two attached hydrogens (primary N) is 4. The summed E-state index contributed by atoms with van der Waals surface area (Å²) in [5.41, 5.74) is 25.3. The molecule has 384 valence electrons. The molecule has 2 aliphatic rings. The maximum absolute atomic E-state index is 13.8. The average molecular weight is 1190 g/mol. The van der Waals surface area contributed by atoms with Crippen LogP contribution < -0.4 is 157 Å². The first-order chi connectivity index (χ1) is 35.1. The molecule has 0 spiro atoms. The molecule has 0 saturated heterocycles. The fourth-order valence-corrected chi connectivity index (χ4v) is 9.65. The van der Waals surface area contributed by atoms with E-state index in [-0.39, 0.29) is 186 Å². The molecule has 2 aliphatic carbocycles. The van der Waals surface area contributed by atoms with E-state index < -0.39 is 99.9 Å². The van der Waals surface area contributed by atoms with Gasteiger partial charge in [0, 0.05) is 28.2 Å². The smallest absolute Gasteiger partial charge is 0.744 e. The molecule has 0 amide bonds. The van der Waals surface area contributed by atoms with Gasteiger partial charge in [0.2, 0.25) is 11.6 Å². The Morgan fingerprint density at radius 2 is 0.873 bits per heavy atom. The summed E-state index contributed by atoms with van der Waals surface area (Å²) in [6, 6.07) is 22.3. The van der Waals surface area contributed by atoms with Gasteiger partial charge < -0.3 is 46.5 Å². The maximum atomic E-state index is 13.8. The number of carbonyl (C=O) groups excluding carboxylic acids is 2. The normalized spacial score (nSPS) is 14.4. The fraction of sp³-hybridized carbons (Fsp3) is 0. The zero-order valence-electron chi connectivity index (χ0n) is 41.4. The Balaban J connectivity index is 0.00000336. The topological polar surface area (TPSA) is 477 Å². The first-order valence-electron chi connectivity index (χ1n) is 20.7. The van der Waals surface area contributed by atoms with E-state index in [0.717, 1.165) is 30.3 Å². The van der Waals surface area contributed by atoms with Crippen LogP contribution >= 0.6 is 0 Å². The van der Waals surface area contributed by atoms with Crippen LogP contribution in [0.5, 0.6) is 0 Å². The van der Waals surface area contributed by atoms with Gasteiger partial charge in [-0.05, 0) is 126 Å². The number of rotatable bonds is 14. The number of carbonyl (C=O) groups is 2. The molecule has 6 aromatic rings. The summed E-state index contributed by atoms with van der Waals surface area (Å²) in [6.45, 7) is 0. The minimum atomic E-state index is -5.60. The molecule has 8 rings (SSSR count). The fourth-order valence-electron chi connectivity index (χ4n) is 7.07. The van der Waals surface area contributed by atoms with Crippen LogP contribution in [0.2, 0.25) is 0 Å². The summed E-state index contributed by atoms with van der Waals surface area (Å²) in [4.78, 5) is 23.3. The first kappa shape index (κ1) is 66.4. The van der Waals surface area contributed by atoms with E-state index in [0.29, 0.717) is 17.8 Å². The third kappa shape index (κ3) is 15.7. The van der Waals surface area contributed by atoms with E-state index >= 15 is 0 Å². The van der Waals surface area contributed by atoms with E-state index in [1.807, 2.05) is 0 Å². The Bertz CT molecular complexity index is 4150. The van der Waals surface area contributed by atoms with Crippen LogP contribution in [-0.2, 0) is 40.5 Å². The summed E-state index contributed by atoms with van der Waals surface area (Å²) in [6.07, 6.45) is 1.55. The van der Waals surface area contributed by atoms with E-state index in [9.17, 15) is 61.5 Å². The molecule has 79 heavy (non-hydrogen) atoms. The number of hydrogen-bond acceptors (Lipinski definition) is 27. The molecule has 6 aromatic carbocycles.